The molecule has 1 aliphatic carbocycles. The van der Waals surface area contributed by atoms with Gasteiger partial charge >= 0.3 is 5.97 Å². The van der Waals surface area contributed by atoms with Crippen LogP contribution in [0.3, 0.4) is 0 Å². The molecule has 0 saturated carbocycles. The number of benzene rings is 2. The molecule has 0 spiro atoms. The second-order valence-corrected chi connectivity index (χ2v) is 8.29. The van der Waals surface area contributed by atoms with Gasteiger partial charge in [0, 0.05) is 23.0 Å². The average Bonchev–Trinajstić information content (AvgIpc) is 3.14. The molecule has 1 aromatic heterocycles. The number of fused-ring (bicyclic) bond motifs is 1. The van der Waals surface area contributed by atoms with E-state index in [1.165, 1.54) is 12.1 Å². The normalized spacial score (nSPS) is 14.3. The quantitative estimate of drug-likeness (QED) is 0.460. The van der Waals surface area contributed by atoms with Gasteiger partial charge in [-0.05, 0) is 74.3 Å². The molecule has 4 nitrogen and oxygen atoms in total. The van der Waals surface area contributed by atoms with E-state index in [2.05, 4.69) is 9.97 Å². The Hall–Kier alpha value is -3.60. The van der Waals surface area contributed by atoms with Crippen molar-refractivity contribution in [2.45, 2.75) is 27.7 Å². The van der Waals surface area contributed by atoms with Gasteiger partial charge in [0.1, 0.15) is 5.82 Å². The number of carbonyl (C=O) groups excluding carboxylic acids is 1. The summed E-state index contributed by atoms with van der Waals surface area (Å²) < 4.78 is 19.4. The van der Waals surface area contributed by atoms with Gasteiger partial charge in [0.25, 0.3) is 0 Å². The Balaban J connectivity index is 1.78. The highest BCUT2D eigenvalue weighted by atomic mass is 19.1. The van der Waals surface area contributed by atoms with E-state index in [9.17, 15) is 9.18 Å². The molecule has 1 aliphatic rings. The SMILES string of the molecule is CCOC(=O)C(C)(C)C1=C/C(=C\c2cnc(-c3ccccc3)nc2C)c2ccc(F)cc21. The summed E-state index contributed by atoms with van der Waals surface area (Å²) in [4.78, 5) is 21.8. The molecule has 2 aromatic carbocycles. The topological polar surface area (TPSA) is 52.1 Å². The van der Waals surface area contributed by atoms with Gasteiger partial charge in [-0.3, -0.25) is 4.79 Å². The van der Waals surface area contributed by atoms with Crippen LogP contribution in [-0.2, 0) is 9.53 Å². The Kier molecular flexibility index (Phi) is 5.74. The van der Waals surface area contributed by atoms with Crippen LogP contribution in [0.1, 0.15) is 43.2 Å². The largest absolute Gasteiger partial charge is 0.465 e. The van der Waals surface area contributed by atoms with E-state index in [0.29, 0.717) is 18.0 Å². The van der Waals surface area contributed by atoms with Crippen LogP contribution in [0.15, 0.2) is 60.8 Å². The number of carbonyl (C=O) groups is 1. The lowest BCUT2D eigenvalue weighted by Crippen LogP contribution is -2.27. The molecule has 4 rings (SSSR count). The molecule has 0 bridgehead atoms. The van der Waals surface area contributed by atoms with E-state index < -0.39 is 5.41 Å². The Morgan fingerprint density at radius 1 is 1.12 bits per heavy atom. The van der Waals surface area contributed by atoms with Gasteiger partial charge < -0.3 is 4.74 Å². The Bertz CT molecular complexity index is 1240. The molecule has 32 heavy (non-hydrogen) atoms. The van der Waals surface area contributed by atoms with Crippen molar-refractivity contribution in [2.24, 2.45) is 5.41 Å². The van der Waals surface area contributed by atoms with E-state index >= 15 is 0 Å². The number of aromatic nitrogens is 2. The van der Waals surface area contributed by atoms with Crippen LogP contribution >= 0.6 is 0 Å². The van der Waals surface area contributed by atoms with Gasteiger partial charge in [0.2, 0.25) is 0 Å². The number of ether oxygens (including phenoxy) is 1. The minimum atomic E-state index is -0.920. The van der Waals surface area contributed by atoms with Crippen LogP contribution in [0.4, 0.5) is 4.39 Å². The molecule has 0 N–H and O–H groups in total. The third-order valence-electron chi connectivity index (χ3n) is 5.70. The van der Waals surface area contributed by atoms with Gasteiger partial charge in [-0.15, -0.1) is 0 Å². The van der Waals surface area contributed by atoms with Crippen LogP contribution in [0, 0.1) is 18.2 Å². The van der Waals surface area contributed by atoms with Crippen LogP contribution in [0.5, 0.6) is 0 Å². The average molecular weight is 429 g/mol. The van der Waals surface area contributed by atoms with Crippen LogP contribution in [-0.4, -0.2) is 22.5 Å². The first-order chi connectivity index (χ1) is 15.3. The molecule has 5 heteroatoms. The molecule has 0 aliphatic heterocycles. The molecule has 162 valence electrons. The lowest BCUT2D eigenvalue weighted by molar-refractivity contribution is -0.150. The predicted molar refractivity (Wildman–Crippen MR) is 125 cm³/mol. The summed E-state index contributed by atoms with van der Waals surface area (Å²) in [6, 6.07) is 14.5. The summed E-state index contributed by atoms with van der Waals surface area (Å²) in [6.45, 7) is 7.61. The molecule has 0 fully saturated rings. The van der Waals surface area contributed by atoms with Crippen molar-refractivity contribution in [3.63, 3.8) is 0 Å². The summed E-state index contributed by atoms with van der Waals surface area (Å²) >= 11 is 0. The Labute approximate surface area is 187 Å². The second-order valence-electron chi connectivity index (χ2n) is 8.29. The van der Waals surface area contributed by atoms with E-state index in [4.69, 9.17) is 4.74 Å². The molecule has 1 heterocycles. The lowest BCUT2D eigenvalue weighted by atomic mass is 9.81. The summed E-state index contributed by atoms with van der Waals surface area (Å²) in [5.41, 5.74) is 4.91. The summed E-state index contributed by atoms with van der Waals surface area (Å²) in [7, 11) is 0. The van der Waals surface area contributed by atoms with Crippen LogP contribution in [0.25, 0.3) is 28.6 Å². The zero-order valence-electron chi connectivity index (χ0n) is 18.6. The van der Waals surface area contributed by atoms with Gasteiger partial charge in [-0.1, -0.05) is 36.4 Å². The number of esters is 1. The highest BCUT2D eigenvalue weighted by Gasteiger charge is 2.38. The van der Waals surface area contributed by atoms with Crippen molar-refractivity contribution in [1.29, 1.82) is 0 Å². The summed E-state index contributed by atoms with van der Waals surface area (Å²) in [5.74, 6) is -0.0180. The monoisotopic (exact) mass is 428 g/mol. The number of aryl methyl sites for hydroxylation is 1. The van der Waals surface area contributed by atoms with Gasteiger partial charge in [-0.25, -0.2) is 14.4 Å². The maximum absolute atomic E-state index is 14.1. The molecular formula is C27H25FN2O2. The highest BCUT2D eigenvalue weighted by molar-refractivity contribution is 6.07. The first-order valence-corrected chi connectivity index (χ1v) is 10.6. The maximum atomic E-state index is 14.1. The third kappa shape index (κ3) is 3.98. The molecule has 0 unspecified atom stereocenters. The number of halogens is 1. The summed E-state index contributed by atoms with van der Waals surface area (Å²) in [5, 5.41) is 0. The maximum Gasteiger partial charge on any atom is 0.315 e. The van der Waals surface area contributed by atoms with Gasteiger partial charge in [0.05, 0.1) is 12.0 Å². The molecule has 0 amide bonds. The van der Waals surface area contributed by atoms with Crippen molar-refractivity contribution in [3.8, 4) is 11.4 Å². The second kappa shape index (κ2) is 8.50. The highest BCUT2D eigenvalue weighted by Crippen LogP contribution is 2.46. The molecular weight excluding hydrogens is 403 g/mol. The van der Waals surface area contributed by atoms with E-state index in [0.717, 1.165) is 33.5 Å². The van der Waals surface area contributed by atoms with Crippen molar-refractivity contribution in [3.05, 3.63) is 89.0 Å². The van der Waals surface area contributed by atoms with Gasteiger partial charge in [-0.2, -0.15) is 0 Å². The number of nitrogens with zero attached hydrogens (tertiary/aromatic N) is 2. The standard InChI is InChI=1S/C27H25FN2O2/c1-5-32-26(31)27(3,4)24-14-19(22-12-11-21(28)15-23(22)24)13-20-16-29-25(30-17(20)2)18-9-7-6-8-10-18/h6-16H,5H2,1-4H3/b19-13+. The summed E-state index contributed by atoms with van der Waals surface area (Å²) in [6.07, 6.45) is 5.71. The first kappa shape index (κ1) is 21.6. The number of hydrogen-bond acceptors (Lipinski definition) is 4. The van der Waals surface area contributed by atoms with E-state index in [-0.39, 0.29) is 11.8 Å². The molecule has 0 atom stereocenters. The predicted octanol–water partition coefficient (Wildman–Crippen LogP) is 6.12. The fourth-order valence-corrected chi connectivity index (χ4v) is 3.87. The van der Waals surface area contributed by atoms with E-state index in [1.807, 2.05) is 49.4 Å². The minimum absolute atomic E-state index is 0.290. The zero-order valence-corrected chi connectivity index (χ0v) is 18.6. The fraction of sp³-hybridized carbons (Fsp3) is 0.222. The van der Waals surface area contributed by atoms with Gasteiger partial charge in [0.15, 0.2) is 5.82 Å². The van der Waals surface area contributed by atoms with Crippen LogP contribution in [0.2, 0.25) is 0 Å². The van der Waals surface area contributed by atoms with Crippen molar-refractivity contribution < 1.29 is 13.9 Å². The number of rotatable bonds is 5. The number of allylic oxidation sites excluding steroid dienone is 2. The fourth-order valence-electron chi connectivity index (χ4n) is 3.87. The van der Waals surface area contributed by atoms with Crippen molar-refractivity contribution >= 4 is 23.2 Å². The minimum Gasteiger partial charge on any atom is -0.465 e. The molecule has 3 aromatic rings. The Morgan fingerprint density at radius 3 is 2.56 bits per heavy atom. The Morgan fingerprint density at radius 2 is 1.88 bits per heavy atom. The number of hydrogen-bond donors (Lipinski definition) is 0. The molecule has 0 saturated heterocycles. The smallest absolute Gasteiger partial charge is 0.315 e. The molecule has 0 radical (unpaired) electrons. The first-order valence-electron chi connectivity index (χ1n) is 10.6. The zero-order chi connectivity index (χ0) is 22.9. The van der Waals surface area contributed by atoms with Crippen molar-refractivity contribution in [1.82, 2.24) is 9.97 Å². The van der Waals surface area contributed by atoms with E-state index in [1.54, 1.807) is 33.0 Å². The lowest BCUT2D eigenvalue weighted by Gasteiger charge is -2.24. The van der Waals surface area contributed by atoms with Crippen LogP contribution < -0.4 is 0 Å². The third-order valence-corrected chi connectivity index (χ3v) is 5.70. The van der Waals surface area contributed by atoms with Crippen molar-refractivity contribution in [2.75, 3.05) is 6.61 Å².